The molecule has 4 heteroatoms. The Balaban J connectivity index is 2.41. The van der Waals surface area contributed by atoms with Crippen LogP contribution >= 0.6 is 11.8 Å². The third kappa shape index (κ3) is 4.89. The van der Waals surface area contributed by atoms with Crippen LogP contribution in [0, 0.1) is 18.8 Å². The number of allylic oxidation sites excluding steroid dienone is 2. The molecular formula is C20H18O2S2. The molecule has 0 unspecified atom stereocenters. The monoisotopic (exact) mass is 354 g/mol. The van der Waals surface area contributed by atoms with Crippen LogP contribution in [-0.2, 0) is 9.84 Å². The van der Waals surface area contributed by atoms with E-state index in [0.29, 0.717) is 0 Å². The lowest BCUT2D eigenvalue weighted by molar-refractivity contribution is 0.603. The second-order valence-corrected chi connectivity index (χ2v) is 7.73. The van der Waals surface area contributed by atoms with Gasteiger partial charge in [0.2, 0.25) is 9.84 Å². The second kappa shape index (κ2) is 8.58. The van der Waals surface area contributed by atoms with Gasteiger partial charge in [-0.05, 0) is 48.9 Å². The average Bonchev–Trinajstić information content (AvgIpc) is 2.59. The van der Waals surface area contributed by atoms with E-state index in [1.165, 1.54) is 17.8 Å². The van der Waals surface area contributed by atoms with Crippen molar-refractivity contribution in [2.45, 2.75) is 11.8 Å². The molecule has 2 rings (SSSR count). The molecule has 0 bridgehead atoms. The van der Waals surface area contributed by atoms with E-state index in [4.69, 9.17) is 0 Å². The molecule has 0 aromatic heterocycles. The van der Waals surface area contributed by atoms with Crippen LogP contribution < -0.4 is 0 Å². The molecule has 0 fully saturated rings. The standard InChI is InChI=1S/C20H18O2S2/c1-17-11-13-20(14-12-17)24(21,22)19(15-16-23-2)10-6-9-18-7-4-3-5-8-18/h3-5,7-8,10-16H,1-2H3/b16-15-,19-10+. The Hall–Kier alpha value is -2.22. The highest BCUT2D eigenvalue weighted by Gasteiger charge is 2.18. The first kappa shape index (κ1) is 18.1. The molecule has 0 spiro atoms. The fraction of sp³-hybridized carbons (Fsp3) is 0.100. The van der Waals surface area contributed by atoms with Crippen LogP contribution in [-0.4, -0.2) is 14.7 Å². The second-order valence-electron chi connectivity index (χ2n) is 5.04. The summed E-state index contributed by atoms with van der Waals surface area (Å²) in [7, 11) is -3.59. The molecule has 0 amide bonds. The van der Waals surface area contributed by atoms with E-state index in [-0.39, 0.29) is 9.80 Å². The maximum Gasteiger partial charge on any atom is 0.207 e. The summed E-state index contributed by atoms with van der Waals surface area (Å²) in [6.07, 6.45) is 4.91. The van der Waals surface area contributed by atoms with E-state index in [0.717, 1.165) is 11.1 Å². The fourth-order valence-corrected chi connectivity index (χ4v) is 3.51. The zero-order valence-electron chi connectivity index (χ0n) is 13.6. The SMILES string of the molecule is CS/C=C\C(=C/C#Cc1ccccc1)S(=O)(=O)c1ccc(C)cc1. The number of benzene rings is 2. The molecule has 2 nitrogen and oxygen atoms in total. The van der Waals surface area contributed by atoms with Crippen molar-refractivity contribution in [3.63, 3.8) is 0 Å². The number of aryl methyl sites for hydroxylation is 1. The van der Waals surface area contributed by atoms with Gasteiger partial charge >= 0.3 is 0 Å². The molecule has 0 radical (unpaired) electrons. The van der Waals surface area contributed by atoms with Crippen LogP contribution in [0.2, 0.25) is 0 Å². The van der Waals surface area contributed by atoms with E-state index in [1.807, 2.05) is 43.5 Å². The highest BCUT2D eigenvalue weighted by Crippen LogP contribution is 2.21. The molecule has 0 saturated carbocycles. The van der Waals surface area contributed by atoms with Crippen LogP contribution in [0.5, 0.6) is 0 Å². The van der Waals surface area contributed by atoms with Crippen LogP contribution in [0.1, 0.15) is 11.1 Å². The molecule has 0 heterocycles. The molecule has 0 saturated heterocycles. The highest BCUT2D eigenvalue weighted by molar-refractivity contribution is 8.01. The van der Waals surface area contributed by atoms with E-state index in [1.54, 1.807) is 35.7 Å². The predicted molar refractivity (Wildman–Crippen MR) is 102 cm³/mol. The Labute approximate surface area is 148 Å². The first-order chi connectivity index (χ1) is 11.5. The topological polar surface area (TPSA) is 34.1 Å². The lowest BCUT2D eigenvalue weighted by Crippen LogP contribution is -2.03. The number of hydrogen-bond acceptors (Lipinski definition) is 3. The van der Waals surface area contributed by atoms with Crippen molar-refractivity contribution in [3.8, 4) is 11.8 Å². The Morgan fingerprint density at radius 2 is 1.71 bits per heavy atom. The first-order valence-corrected chi connectivity index (χ1v) is 10.1. The van der Waals surface area contributed by atoms with Gasteiger partial charge in [-0.15, -0.1) is 11.8 Å². The molecule has 24 heavy (non-hydrogen) atoms. The van der Waals surface area contributed by atoms with Crippen molar-refractivity contribution in [1.82, 2.24) is 0 Å². The molecule has 122 valence electrons. The van der Waals surface area contributed by atoms with Gasteiger partial charge in [0.15, 0.2) is 0 Å². The van der Waals surface area contributed by atoms with Crippen molar-refractivity contribution in [2.24, 2.45) is 0 Å². The summed E-state index contributed by atoms with van der Waals surface area (Å²) in [5.41, 5.74) is 1.86. The van der Waals surface area contributed by atoms with Gasteiger partial charge in [0, 0.05) is 11.6 Å². The first-order valence-electron chi connectivity index (χ1n) is 7.32. The van der Waals surface area contributed by atoms with Gasteiger partial charge in [-0.2, -0.15) is 0 Å². The van der Waals surface area contributed by atoms with Gasteiger partial charge in [0.05, 0.1) is 9.80 Å². The quantitative estimate of drug-likeness (QED) is 0.595. The Morgan fingerprint density at radius 3 is 2.33 bits per heavy atom. The fourth-order valence-electron chi connectivity index (χ4n) is 1.92. The molecule has 2 aromatic rings. The van der Waals surface area contributed by atoms with Crippen LogP contribution in [0.25, 0.3) is 0 Å². The summed E-state index contributed by atoms with van der Waals surface area (Å²) in [5, 5.41) is 1.74. The van der Waals surface area contributed by atoms with Gasteiger partial charge in [0.1, 0.15) is 0 Å². The Morgan fingerprint density at radius 1 is 1.04 bits per heavy atom. The van der Waals surface area contributed by atoms with Gasteiger partial charge < -0.3 is 0 Å². The van der Waals surface area contributed by atoms with E-state index < -0.39 is 9.84 Å². The maximum absolute atomic E-state index is 12.8. The third-order valence-corrected chi connectivity index (χ3v) is 5.39. The largest absolute Gasteiger partial charge is 0.218 e. The number of thioether (sulfide) groups is 1. The van der Waals surface area contributed by atoms with Gasteiger partial charge in [0.25, 0.3) is 0 Å². The van der Waals surface area contributed by atoms with Gasteiger partial charge in [-0.3, -0.25) is 0 Å². The maximum atomic E-state index is 12.8. The van der Waals surface area contributed by atoms with Crippen molar-refractivity contribution >= 4 is 21.6 Å². The molecule has 0 aliphatic carbocycles. The third-order valence-electron chi connectivity index (χ3n) is 3.21. The van der Waals surface area contributed by atoms with Gasteiger partial charge in [-0.1, -0.05) is 47.7 Å². The van der Waals surface area contributed by atoms with Crippen LogP contribution in [0.3, 0.4) is 0 Å². The van der Waals surface area contributed by atoms with Crippen molar-refractivity contribution in [2.75, 3.05) is 6.26 Å². The highest BCUT2D eigenvalue weighted by atomic mass is 32.2. The summed E-state index contributed by atoms with van der Waals surface area (Å²) < 4.78 is 25.6. The summed E-state index contributed by atoms with van der Waals surface area (Å²) in [5.74, 6) is 5.80. The average molecular weight is 354 g/mol. The summed E-state index contributed by atoms with van der Waals surface area (Å²) in [4.78, 5) is 0.454. The van der Waals surface area contributed by atoms with Crippen molar-refractivity contribution in [1.29, 1.82) is 0 Å². The predicted octanol–water partition coefficient (Wildman–Crippen LogP) is 4.58. The molecule has 0 N–H and O–H groups in total. The summed E-state index contributed by atoms with van der Waals surface area (Å²) in [6.45, 7) is 1.92. The Bertz CT molecular complexity index is 896. The van der Waals surface area contributed by atoms with E-state index in [2.05, 4.69) is 11.8 Å². The summed E-state index contributed by atoms with van der Waals surface area (Å²) in [6, 6.07) is 16.3. The minimum Gasteiger partial charge on any atom is -0.218 e. The molecule has 2 aromatic carbocycles. The van der Waals surface area contributed by atoms with Crippen molar-refractivity contribution in [3.05, 3.63) is 88.2 Å². The lowest BCUT2D eigenvalue weighted by atomic mass is 10.2. The molecular weight excluding hydrogens is 336 g/mol. The number of sulfone groups is 1. The summed E-state index contributed by atoms with van der Waals surface area (Å²) >= 11 is 1.44. The molecule has 0 aliphatic rings. The van der Waals surface area contributed by atoms with E-state index >= 15 is 0 Å². The number of rotatable bonds is 4. The normalized spacial score (nSPS) is 12.0. The van der Waals surface area contributed by atoms with Crippen LogP contribution in [0.4, 0.5) is 0 Å². The molecule has 0 atom stereocenters. The smallest absolute Gasteiger partial charge is 0.207 e. The minimum absolute atomic E-state index is 0.184. The van der Waals surface area contributed by atoms with Crippen LogP contribution in [0.15, 0.2) is 82.0 Å². The van der Waals surface area contributed by atoms with Gasteiger partial charge in [-0.25, -0.2) is 8.42 Å². The van der Waals surface area contributed by atoms with Crippen molar-refractivity contribution < 1.29 is 8.42 Å². The molecule has 0 aliphatic heterocycles. The zero-order valence-corrected chi connectivity index (χ0v) is 15.2. The lowest BCUT2D eigenvalue weighted by Gasteiger charge is -2.05. The number of hydrogen-bond donors (Lipinski definition) is 0. The van der Waals surface area contributed by atoms with E-state index in [9.17, 15) is 8.42 Å². The minimum atomic E-state index is -3.59. The Kier molecular flexibility index (Phi) is 6.48. The zero-order chi connectivity index (χ0) is 17.4.